The second kappa shape index (κ2) is 7.03. The third kappa shape index (κ3) is 3.13. The smallest absolute Gasteiger partial charge is 0.182 e. The fourth-order valence-corrected chi connectivity index (χ4v) is 3.62. The molecule has 2 aliphatic carbocycles. The summed E-state index contributed by atoms with van der Waals surface area (Å²) in [5.74, 6) is 0. The van der Waals surface area contributed by atoms with Crippen molar-refractivity contribution in [1.82, 2.24) is 0 Å². The molecule has 1 atom stereocenters. The number of aliphatic imine (C=N–C) groups is 2. The van der Waals surface area contributed by atoms with E-state index >= 15 is 0 Å². The minimum absolute atomic E-state index is 0.205. The Hall–Kier alpha value is -2.72. The monoisotopic (exact) mass is 331 g/mol. The maximum Gasteiger partial charge on any atom is 0.182 e. The number of hydrogen-bond acceptors (Lipinski definition) is 4. The number of ether oxygens (including phenoxy) is 1. The van der Waals surface area contributed by atoms with Gasteiger partial charge in [-0.3, -0.25) is 0 Å². The van der Waals surface area contributed by atoms with E-state index in [1.807, 2.05) is 0 Å². The van der Waals surface area contributed by atoms with Crippen molar-refractivity contribution < 1.29 is 4.74 Å². The quantitative estimate of drug-likeness (QED) is 0.805. The number of nitrogens with two attached hydrogens (primary N) is 1. The summed E-state index contributed by atoms with van der Waals surface area (Å²) in [4.78, 5) is 7.17. The van der Waals surface area contributed by atoms with Crippen LogP contribution in [-0.2, 0) is 11.2 Å². The molecule has 1 unspecified atom stereocenters. The summed E-state index contributed by atoms with van der Waals surface area (Å²) in [5.41, 5.74) is 11.7. The Balaban J connectivity index is 0.000000223. The van der Waals surface area contributed by atoms with Crippen LogP contribution in [0.25, 0.3) is 23.3 Å². The minimum atomic E-state index is 0.205. The van der Waals surface area contributed by atoms with E-state index in [-0.39, 0.29) is 6.04 Å². The van der Waals surface area contributed by atoms with Gasteiger partial charge in [-0.1, -0.05) is 48.6 Å². The number of nitrogens with zero attached hydrogens (tertiary/aromatic N) is 2. The Morgan fingerprint density at radius 2 is 1.92 bits per heavy atom. The highest BCUT2D eigenvalue weighted by atomic mass is 16.5. The van der Waals surface area contributed by atoms with Crippen molar-refractivity contribution in [2.45, 2.75) is 25.3 Å². The van der Waals surface area contributed by atoms with Crippen LogP contribution < -0.4 is 16.2 Å². The van der Waals surface area contributed by atoms with E-state index in [1.165, 1.54) is 45.4 Å². The molecule has 4 nitrogen and oxygen atoms in total. The molecular weight excluding hydrogens is 310 g/mol. The average Bonchev–Trinajstić information content (AvgIpc) is 2.69. The molecule has 25 heavy (non-hydrogen) atoms. The molecule has 5 rings (SSSR count). The second-order valence-corrected chi connectivity index (χ2v) is 6.33. The van der Waals surface area contributed by atoms with Crippen LogP contribution in [0.1, 0.15) is 30.0 Å². The first-order valence-corrected chi connectivity index (χ1v) is 8.63. The maximum absolute atomic E-state index is 6.24. The Morgan fingerprint density at radius 3 is 2.68 bits per heavy atom. The van der Waals surface area contributed by atoms with Gasteiger partial charge >= 0.3 is 0 Å². The molecule has 2 N–H and O–H groups in total. The average molecular weight is 331 g/mol. The van der Waals surface area contributed by atoms with Gasteiger partial charge < -0.3 is 10.5 Å². The SMILES string of the molecule is C1=NC=NCO1.NC1CCC=c2c1ccc1c2=CCc2ccccc2-1. The van der Waals surface area contributed by atoms with Crippen LogP contribution in [0.15, 0.2) is 46.4 Å². The Bertz CT molecular complexity index is 948. The van der Waals surface area contributed by atoms with Crippen LogP contribution >= 0.6 is 0 Å². The predicted molar refractivity (Wildman–Crippen MR) is 103 cm³/mol. The molecule has 126 valence electrons. The van der Waals surface area contributed by atoms with E-state index in [0.29, 0.717) is 6.73 Å². The molecule has 4 heteroatoms. The Labute approximate surface area is 147 Å². The molecular formula is C21H21N3O. The summed E-state index contributed by atoms with van der Waals surface area (Å²) >= 11 is 0. The molecule has 0 aromatic heterocycles. The molecule has 1 heterocycles. The highest BCUT2D eigenvalue weighted by Crippen LogP contribution is 2.25. The van der Waals surface area contributed by atoms with Crippen molar-refractivity contribution in [3.8, 4) is 11.1 Å². The number of benzene rings is 2. The van der Waals surface area contributed by atoms with Gasteiger partial charge in [-0.05, 0) is 52.0 Å². The lowest BCUT2D eigenvalue weighted by atomic mass is 9.85. The normalized spacial score (nSPS) is 19.0. The molecule has 0 fully saturated rings. The lowest BCUT2D eigenvalue weighted by Gasteiger charge is -2.21. The van der Waals surface area contributed by atoms with Crippen molar-refractivity contribution in [3.05, 3.63) is 58.0 Å². The van der Waals surface area contributed by atoms with Crippen LogP contribution in [0, 0.1) is 0 Å². The summed E-state index contributed by atoms with van der Waals surface area (Å²) in [6, 6.07) is 13.4. The van der Waals surface area contributed by atoms with Crippen LogP contribution in [0.4, 0.5) is 0 Å². The van der Waals surface area contributed by atoms with E-state index in [2.05, 4.69) is 63.3 Å². The maximum atomic E-state index is 6.24. The number of rotatable bonds is 0. The molecule has 0 radical (unpaired) electrons. The first-order valence-electron chi connectivity index (χ1n) is 8.63. The van der Waals surface area contributed by atoms with Crippen LogP contribution in [0.5, 0.6) is 0 Å². The van der Waals surface area contributed by atoms with Crippen molar-refractivity contribution in [2.24, 2.45) is 15.7 Å². The molecule has 1 aliphatic heterocycles. The number of fused-ring (bicyclic) bond motifs is 5. The van der Waals surface area contributed by atoms with Gasteiger partial charge in [0.2, 0.25) is 0 Å². The zero-order valence-electron chi connectivity index (χ0n) is 14.1. The van der Waals surface area contributed by atoms with Gasteiger partial charge in [0.05, 0.1) is 0 Å². The minimum Gasteiger partial charge on any atom is -0.461 e. The van der Waals surface area contributed by atoms with E-state index < -0.39 is 0 Å². The molecule has 0 amide bonds. The molecule has 2 aromatic rings. The summed E-state index contributed by atoms with van der Waals surface area (Å²) < 4.78 is 4.58. The molecule has 2 aromatic carbocycles. The summed E-state index contributed by atoms with van der Waals surface area (Å²) in [6.45, 7) is 0.420. The molecule has 0 saturated carbocycles. The standard InChI is InChI=1S/C18H17N.C3H4N2O/c19-18-7-3-6-14-16-9-8-12-4-1-2-5-13(12)15(16)10-11-17(14)18;1-4-2-6-3-5-1/h1-2,4-6,9-11,18H,3,7-8,19H2;1-2H,3H2. The van der Waals surface area contributed by atoms with Gasteiger partial charge in [-0.25, -0.2) is 9.98 Å². The summed E-state index contributed by atoms with van der Waals surface area (Å²) in [6.07, 6.45) is 10.8. The highest BCUT2D eigenvalue weighted by molar-refractivity contribution is 5.74. The molecule has 0 spiro atoms. The first kappa shape index (κ1) is 15.8. The Morgan fingerprint density at radius 1 is 1.00 bits per heavy atom. The topological polar surface area (TPSA) is 60.0 Å². The molecule has 3 aliphatic rings. The van der Waals surface area contributed by atoms with Crippen molar-refractivity contribution in [1.29, 1.82) is 0 Å². The third-order valence-electron chi connectivity index (χ3n) is 4.81. The van der Waals surface area contributed by atoms with Gasteiger partial charge in [0.15, 0.2) is 13.1 Å². The van der Waals surface area contributed by atoms with Crippen LogP contribution in [0.2, 0.25) is 0 Å². The van der Waals surface area contributed by atoms with Crippen molar-refractivity contribution in [2.75, 3.05) is 6.73 Å². The lowest BCUT2D eigenvalue weighted by molar-refractivity contribution is 0.331. The van der Waals surface area contributed by atoms with E-state index in [0.717, 1.165) is 19.3 Å². The van der Waals surface area contributed by atoms with Crippen LogP contribution in [-0.4, -0.2) is 19.5 Å². The van der Waals surface area contributed by atoms with Gasteiger partial charge in [-0.15, -0.1) is 0 Å². The van der Waals surface area contributed by atoms with E-state index in [4.69, 9.17) is 5.73 Å². The van der Waals surface area contributed by atoms with Gasteiger partial charge in [0.1, 0.15) is 6.34 Å². The zero-order chi connectivity index (χ0) is 17.1. The van der Waals surface area contributed by atoms with E-state index in [1.54, 1.807) is 0 Å². The van der Waals surface area contributed by atoms with Gasteiger partial charge in [0, 0.05) is 6.04 Å². The fraction of sp³-hybridized carbons (Fsp3) is 0.238. The lowest BCUT2D eigenvalue weighted by Crippen LogP contribution is -2.37. The third-order valence-corrected chi connectivity index (χ3v) is 4.81. The van der Waals surface area contributed by atoms with Gasteiger partial charge in [-0.2, -0.15) is 0 Å². The summed E-state index contributed by atoms with van der Waals surface area (Å²) in [7, 11) is 0. The van der Waals surface area contributed by atoms with Gasteiger partial charge in [0.25, 0.3) is 0 Å². The highest BCUT2D eigenvalue weighted by Gasteiger charge is 2.16. The Kier molecular flexibility index (Phi) is 4.44. The van der Waals surface area contributed by atoms with Crippen LogP contribution in [0.3, 0.4) is 0 Å². The second-order valence-electron chi connectivity index (χ2n) is 6.33. The van der Waals surface area contributed by atoms with Crippen molar-refractivity contribution in [3.63, 3.8) is 0 Å². The fourth-order valence-electron chi connectivity index (χ4n) is 3.62. The van der Waals surface area contributed by atoms with Crippen molar-refractivity contribution >= 4 is 24.9 Å². The number of hydrogen-bond donors (Lipinski definition) is 1. The zero-order valence-corrected chi connectivity index (χ0v) is 14.1. The largest absolute Gasteiger partial charge is 0.461 e. The predicted octanol–water partition coefficient (Wildman–Crippen LogP) is 2.29. The summed E-state index contributed by atoms with van der Waals surface area (Å²) in [5, 5.41) is 2.78. The first-order chi connectivity index (χ1) is 12.3. The molecule has 0 saturated heterocycles. The molecule has 0 bridgehead atoms. The van der Waals surface area contributed by atoms with E-state index in [9.17, 15) is 0 Å².